The van der Waals surface area contributed by atoms with Crippen molar-refractivity contribution in [3.63, 3.8) is 0 Å². The van der Waals surface area contributed by atoms with Crippen molar-refractivity contribution in [2.24, 2.45) is 5.73 Å². The third-order valence-corrected chi connectivity index (χ3v) is 2.66. The van der Waals surface area contributed by atoms with E-state index in [0.717, 1.165) is 5.56 Å². The summed E-state index contributed by atoms with van der Waals surface area (Å²) in [5, 5.41) is 5.52. The first-order valence-corrected chi connectivity index (χ1v) is 6.32. The predicted octanol–water partition coefficient (Wildman–Crippen LogP) is 2.02. The molecule has 4 N–H and O–H groups in total. The molecule has 0 spiro atoms. The summed E-state index contributed by atoms with van der Waals surface area (Å²) in [7, 11) is 0. The van der Waals surface area contributed by atoms with E-state index in [-0.39, 0.29) is 17.9 Å². The first-order valence-electron chi connectivity index (χ1n) is 6.32. The van der Waals surface area contributed by atoms with Crippen LogP contribution >= 0.6 is 0 Å². The van der Waals surface area contributed by atoms with E-state index in [9.17, 15) is 9.59 Å². The summed E-state index contributed by atoms with van der Waals surface area (Å²) in [6.07, 6.45) is 1.04. The molecular weight excluding hydrogens is 242 g/mol. The average molecular weight is 263 g/mol. The Labute approximate surface area is 113 Å². The van der Waals surface area contributed by atoms with E-state index in [2.05, 4.69) is 10.6 Å². The standard InChI is InChI=1S/C14H21N3O2/c1-9-4-6-12(16-11(3)18)8-13(9)17-14(19)7-5-10(2)15/h4,6,8,10H,5,7,15H2,1-3H3,(H,16,18)(H,17,19). The fourth-order valence-corrected chi connectivity index (χ4v) is 1.61. The van der Waals surface area contributed by atoms with Gasteiger partial charge in [0, 0.05) is 30.8 Å². The van der Waals surface area contributed by atoms with Crippen molar-refractivity contribution in [3.8, 4) is 0 Å². The van der Waals surface area contributed by atoms with Crippen LogP contribution in [0.4, 0.5) is 11.4 Å². The molecule has 0 aliphatic rings. The largest absolute Gasteiger partial charge is 0.328 e. The highest BCUT2D eigenvalue weighted by molar-refractivity contribution is 5.94. The number of hydrogen-bond donors (Lipinski definition) is 3. The SMILES string of the molecule is CC(=O)Nc1ccc(C)c(NC(=O)CCC(C)N)c1. The summed E-state index contributed by atoms with van der Waals surface area (Å²) >= 11 is 0. The smallest absolute Gasteiger partial charge is 0.224 e. The normalized spacial score (nSPS) is 11.8. The number of amides is 2. The number of benzene rings is 1. The van der Waals surface area contributed by atoms with Crippen LogP contribution in [-0.4, -0.2) is 17.9 Å². The molecule has 0 fully saturated rings. The van der Waals surface area contributed by atoms with Gasteiger partial charge >= 0.3 is 0 Å². The zero-order valence-electron chi connectivity index (χ0n) is 11.6. The van der Waals surface area contributed by atoms with Crippen molar-refractivity contribution in [3.05, 3.63) is 23.8 Å². The number of carbonyl (C=O) groups is 2. The van der Waals surface area contributed by atoms with Crippen molar-refractivity contribution in [2.45, 2.75) is 39.7 Å². The molecule has 0 bridgehead atoms. The number of hydrogen-bond acceptors (Lipinski definition) is 3. The second-order valence-electron chi connectivity index (χ2n) is 4.78. The van der Waals surface area contributed by atoms with E-state index in [1.165, 1.54) is 6.92 Å². The van der Waals surface area contributed by atoms with Gasteiger partial charge in [-0.2, -0.15) is 0 Å². The minimum atomic E-state index is -0.141. The third-order valence-electron chi connectivity index (χ3n) is 2.66. The lowest BCUT2D eigenvalue weighted by atomic mass is 10.1. The molecule has 0 heterocycles. The van der Waals surface area contributed by atoms with Gasteiger partial charge in [0.2, 0.25) is 11.8 Å². The molecule has 1 atom stereocenters. The zero-order valence-corrected chi connectivity index (χ0v) is 11.6. The van der Waals surface area contributed by atoms with Crippen LogP contribution in [-0.2, 0) is 9.59 Å². The van der Waals surface area contributed by atoms with E-state index in [0.29, 0.717) is 24.2 Å². The number of nitrogens with one attached hydrogen (secondary N) is 2. The molecule has 1 rings (SSSR count). The van der Waals surface area contributed by atoms with Crippen molar-refractivity contribution in [2.75, 3.05) is 10.6 Å². The van der Waals surface area contributed by atoms with Gasteiger partial charge in [0.05, 0.1) is 0 Å². The Morgan fingerprint density at radius 3 is 2.58 bits per heavy atom. The van der Waals surface area contributed by atoms with Crippen molar-refractivity contribution in [1.29, 1.82) is 0 Å². The van der Waals surface area contributed by atoms with Crippen LogP contribution in [0.3, 0.4) is 0 Å². The number of rotatable bonds is 5. The molecule has 5 heteroatoms. The predicted molar refractivity (Wildman–Crippen MR) is 77.0 cm³/mol. The number of carbonyl (C=O) groups excluding carboxylic acids is 2. The zero-order chi connectivity index (χ0) is 14.4. The Bertz CT molecular complexity index is 470. The van der Waals surface area contributed by atoms with Crippen LogP contribution in [0.2, 0.25) is 0 Å². The van der Waals surface area contributed by atoms with Crippen molar-refractivity contribution in [1.82, 2.24) is 0 Å². The molecule has 1 aromatic rings. The lowest BCUT2D eigenvalue weighted by Gasteiger charge is -2.11. The summed E-state index contributed by atoms with van der Waals surface area (Å²) < 4.78 is 0. The van der Waals surface area contributed by atoms with E-state index in [4.69, 9.17) is 5.73 Å². The first-order chi connectivity index (χ1) is 8.88. The number of nitrogens with two attached hydrogens (primary N) is 1. The Balaban J connectivity index is 2.71. The van der Waals surface area contributed by atoms with E-state index in [1.807, 2.05) is 19.9 Å². The van der Waals surface area contributed by atoms with Gasteiger partial charge < -0.3 is 16.4 Å². The molecule has 104 valence electrons. The highest BCUT2D eigenvalue weighted by Crippen LogP contribution is 2.20. The maximum atomic E-state index is 11.7. The van der Waals surface area contributed by atoms with Crippen molar-refractivity contribution < 1.29 is 9.59 Å². The molecule has 1 unspecified atom stereocenters. The molecule has 1 aromatic carbocycles. The minimum Gasteiger partial charge on any atom is -0.328 e. The van der Waals surface area contributed by atoms with Gasteiger partial charge in [0.25, 0.3) is 0 Å². The highest BCUT2D eigenvalue weighted by Gasteiger charge is 2.07. The Hall–Kier alpha value is -1.88. The van der Waals surface area contributed by atoms with Crippen molar-refractivity contribution >= 4 is 23.2 Å². The van der Waals surface area contributed by atoms with Crippen LogP contribution in [0.1, 0.15) is 32.3 Å². The second kappa shape index (κ2) is 6.89. The lowest BCUT2D eigenvalue weighted by molar-refractivity contribution is -0.116. The fraction of sp³-hybridized carbons (Fsp3) is 0.429. The van der Waals surface area contributed by atoms with Gasteiger partial charge in [-0.3, -0.25) is 9.59 Å². The topological polar surface area (TPSA) is 84.2 Å². The van der Waals surface area contributed by atoms with E-state index < -0.39 is 0 Å². The molecule has 0 saturated heterocycles. The van der Waals surface area contributed by atoms with Crippen LogP contribution < -0.4 is 16.4 Å². The molecule has 2 amide bonds. The summed E-state index contributed by atoms with van der Waals surface area (Å²) in [5.41, 5.74) is 7.94. The summed E-state index contributed by atoms with van der Waals surface area (Å²) in [4.78, 5) is 22.7. The van der Waals surface area contributed by atoms with Crippen LogP contribution in [0, 0.1) is 6.92 Å². The molecule has 0 aliphatic carbocycles. The van der Waals surface area contributed by atoms with E-state index >= 15 is 0 Å². The maximum absolute atomic E-state index is 11.7. The van der Waals surface area contributed by atoms with Gasteiger partial charge in [-0.05, 0) is 38.0 Å². The lowest BCUT2D eigenvalue weighted by Crippen LogP contribution is -2.19. The van der Waals surface area contributed by atoms with Gasteiger partial charge in [0.1, 0.15) is 0 Å². The van der Waals surface area contributed by atoms with Gasteiger partial charge in [-0.15, -0.1) is 0 Å². The Morgan fingerprint density at radius 2 is 2.00 bits per heavy atom. The molecular formula is C14H21N3O2. The molecule has 0 aliphatic heterocycles. The summed E-state index contributed by atoms with van der Waals surface area (Å²) in [6, 6.07) is 5.42. The molecule has 0 radical (unpaired) electrons. The average Bonchev–Trinajstić information content (AvgIpc) is 2.30. The number of anilines is 2. The molecule has 5 nitrogen and oxygen atoms in total. The number of aryl methyl sites for hydroxylation is 1. The van der Waals surface area contributed by atoms with Gasteiger partial charge in [-0.25, -0.2) is 0 Å². The maximum Gasteiger partial charge on any atom is 0.224 e. The quantitative estimate of drug-likeness (QED) is 0.759. The van der Waals surface area contributed by atoms with Gasteiger partial charge in [0.15, 0.2) is 0 Å². The fourth-order valence-electron chi connectivity index (χ4n) is 1.61. The third kappa shape index (κ3) is 5.52. The van der Waals surface area contributed by atoms with Gasteiger partial charge in [-0.1, -0.05) is 6.07 Å². The van der Waals surface area contributed by atoms with E-state index in [1.54, 1.807) is 12.1 Å². The highest BCUT2D eigenvalue weighted by atomic mass is 16.2. The molecule has 19 heavy (non-hydrogen) atoms. The Morgan fingerprint density at radius 1 is 1.32 bits per heavy atom. The van der Waals surface area contributed by atoms with Crippen LogP contribution in [0.25, 0.3) is 0 Å². The first kappa shape index (κ1) is 15.2. The summed E-state index contributed by atoms with van der Waals surface area (Å²) in [6.45, 7) is 5.22. The van der Waals surface area contributed by atoms with Crippen LogP contribution in [0.5, 0.6) is 0 Å². The van der Waals surface area contributed by atoms with Crippen LogP contribution in [0.15, 0.2) is 18.2 Å². The molecule has 0 aromatic heterocycles. The minimum absolute atomic E-state index is 0.0116. The Kier molecular flexibility index (Phi) is 5.51. The monoisotopic (exact) mass is 263 g/mol. The summed E-state index contributed by atoms with van der Waals surface area (Å²) in [5.74, 6) is -0.210. The second-order valence-corrected chi connectivity index (χ2v) is 4.78. The molecule has 0 saturated carbocycles.